The molecule has 104 valence electrons. The zero-order chi connectivity index (χ0) is 14.3. The molecule has 0 aliphatic carbocycles. The number of ether oxygens (including phenoxy) is 1. The number of carbonyl (C=O) groups is 2. The number of nitrogens with one attached hydrogen (secondary N) is 1. The van der Waals surface area contributed by atoms with Gasteiger partial charge in [0.1, 0.15) is 5.75 Å². The van der Waals surface area contributed by atoms with Gasteiger partial charge in [0.25, 0.3) is 0 Å². The van der Waals surface area contributed by atoms with E-state index in [9.17, 15) is 9.59 Å². The standard InChI is InChI=1S/C14H19NO4/c1-10-4-3-5-12(8-10)19-7-6-13(16)15-11(2)9-14(17)18/h3-5,8,11H,6-7,9H2,1-2H3,(H,15,16)(H,17,18). The Labute approximate surface area is 112 Å². The van der Waals surface area contributed by atoms with Gasteiger partial charge in [-0.15, -0.1) is 0 Å². The Bertz CT molecular complexity index is 445. The molecular formula is C14H19NO4. The van der Waals surface area contributed by atoms with Gasteiger partial charge in [0.15, 0.2) is 0 Å². The first kappa shape index (κ1) is 15.0. The molecule has 0 aromatic heterocycles. The highest BCUT2D eigenvalue weighted by Gasteiger charge is 2.10. The normalized spacial score (nSPS) is 11.7. The molecule has 0 saturated heterocycles. The predicted octanol–water partition coefficient (Wildman–Crippen LogP) is 1.74. The fourth-order valence-corrected chi connectivity index (χ4v) is 1.63. The van der Waals surface area contributed by atoms with Crippen molar-refractivity contribution < 1.29 is 19.4 Å². The Balaban J connectivity index is 2.25. The van der Waals surface area contributed by atoms with Gasteiger partial charge < -0.3 is 15.2 Å². The van der Waals surface area contributed by atoms with Crippen molar-refractivity contribution in [2.75, 3.05) is 6.61 Å². The molecule has 5 heteroatoms. The van der Waals surface area contributed by atoms with E-state index in [4.69, 9.17) is 9.84 Å². The third kappa shape index (κ3) is 6.45. The van der Waals surface area contributed by atoms with E-state index in [2.05, 4.69) is 5.32 Å². The Morgan fingerprint density at radius 1 is 1.42 bits per heavy atom. The number of carbonyl (C=O) groups excluding carboxylic acids is 1. The van der Waals surface area contributed by atoms with Crippen LogP contribution in [0.2, 0.25) is 0 Å². The third-order valence-electron chi connectivity index (χ3n) is 2.48. The summed E-state index contributed by atoms with van der Waals surface area (Å²) in [5, 5.41) is 11.2. The lowest BCUT2D eigenvalue weighted by Gasteiger charge is -2.12. The van der Waals surface area contributed by atoms with Gasteiger partial charge in [-0.25, -0.2) is 0 Å². The highest BCUT2D eigenvalue weighted by Crippen LogP contribution is 2.12. The van der Waals surface area contributed by atoms with E-state index in [1.807, 2.05) is 31.2 Å². The largest absolute Gasteiger partial charge is 0.493 e. The third-order valence-corrected chi connectivity index (χ3v) is 2.48. The smallest absolute Gasteiger partial charge is 0.305 e. The Morgan fingerprint density at radius 2 is 2.16 bits per heavy atom. The molecule has 0 bridgehead atoms. The van der Waals surface area contributed by atoms with Crippen LogP contribution in [-0.2, 0) is 9.59 Å². The second-order valence-corrected chi connectivity index (χ2v) is 4.48. The molecule has 0 fully saturated rings. The van der Waals surface area contributed by atoms with E-state index in [0.29, 0.717) is 0 Å². The number of hydrogen-bond acceptors (Lipinski definition) is 3. The van der Waals surface area contributed by atoms with Crippen molar-refractivity contribution in [3.63, 3.8) is 0 Å². The number of carboxylic acid groups (broad SMARTS) is 1. The van der Waals surface area contributed by atoms with Crippen LogP contribution in [0.3, 0.4) is 0 Å². The maximum atomic E-state index is 11.5. The molecule has 2 N–H and O–H groups in total. The monoisotopic (exact) mass is 265 g/mol. The maximum Gasteiger partial charge on any atom is 0.305 e. The predicted molar refractivity (Wildman–Crippen MR) is 71.1 cm³/mol. The number of aryl methyl sites for hydroxylation is 1. The number of rotatable bonds is 7. The van der Waals surface area contributed by atoms with Gasteiger partial charge in [0.05, 0.1) is 19.4 Å². The first-order valence-electron chi connectivity index (χ1n) is 6.18. The highest BCUT2D eigenvalue weighted by molar-refractivity contribution is 5.77. The summed E-state index contributed by atoms with van der Waals surface area (Å²) in [6.45, 7) is 3.90. The lowest BCUT2D eigenvalue weighted by atomic mass is 10.2. The van der Waals surface area contributed by atoms with Crippen LogP contribution in [0.4, 0.5) is 0 Å². The van der Waals surface area contributed by atoms with Gasteiger partial charge >= 0.3 is 5.97 Å². The molecule has 1 atom stereocenters. The van der Waals surface area contributed by atoms with Crippen molar-refractivity contribution in [3.8, 4) is 5.75 Å². The Hall–Kier alpha value is -2.04. The molecule has 19 heavy (non-hydrogen) atoms. The lowest BCUT2D eigenvalue weighted by Crippen LogP contribution is -2.34. The maximum absolute atomic E-state index is 11.5. The summed E-state index contributed by atoms with van der Waals surface area (Å²) in [6.07, 6.45) is 0.127. The molecule has 0 aliphatic rings. The highest BCUT2D eigenvalue weighted by atomic mass is 16.5. The van der Waals surface area contributed by atoms with E-state index in [1.165, 1.54) is 0 Å². The zero-order valence-electron chi connectivity index (χ0n) is 11.2. The van der Waals surface area contributed by atoms with Gasteiger partial charge in [-0.2, -0.15) is 0 Å². The van der Waals surface area contributed by atoms with Crippen LogP contribution in [0.1, 0.15) is 25.3 Å². The molecule has 0 saturated carbocycles. The quantitative estimate of drug-likeness (QED) is 0.787. The summed E-state index contributed by atoms with van der Waals surface area (Å²) >= 11 is 0. The molecule has 1 aromatic rings. The molecule has 0 heterocycles. The number of hydrogen-bond donors (Lipinski definition) is 2. The van der Waals surface area contributed by atoms with Crippen molar-refractivity contribution in [2.24, 2.45) is 0 Å². The van der Waals surface area contributed by atoms with Gasteiger partial charge in [-0.05, 0) is 31.5 Å². The SMILES string of the molecule is Cc1cccc(OCCC(=O)NC(C)CC(=O)O)c1. The van der Waals surface area contributed by atoms with E-state index >= 15 is 0 Å². The molecule has 0 aliphatic heterocycles. The summed E-state index contributed by atoms with van der Waals surface area (Å²) in [5.41, 5.74) is 1.09. The van der Waals surface area contributed by atoms with Crippen LogP contribution in [0, 0.1) is 6.92 Å². The van der Waals surface area contributed by atoms with Gasteiger partial charge in [-0.3, -0.25) is 9.59 Å². The van der Waals surface area contributed by atoms with Crippen LogP contribution in [0.25, 0.3) is 0 Å². The minimum Gasteiger partial charge on any atom is -0.493 e. The van der Waals surface area contributed by atoms with Gasteiger partial charge in [0, 0.05) is 6.04 Å². The first-order valence-corrected chi connectivity index (χ1v) is 6.18. The van der Waals surface area contributed by atoms with Crippen LogP contribution in [-0.4, -0.2) is 29.6 Å². The summed E-state index contributed by atoms with van der Waals surface area (Å²) in [4.78, 5) is 22.0. The molecular weight excluding hydrogens is 246 g/mol. The average molecular weight is 265 g/mol. The number of aliphatic carboxylic acids is 1. The van der Waals surface area contributed by atoms with E-state index in [-0.39, 0.29) is 31.4 Å². The number of carboxylic acids is 1. The second-order valence-electron chi connectivity index (χ2n) is 4.48. The van der Waals surface area contributed by atoms with Crippen molar-refractivity contribution in [2.45, 2.75) is 32.7 Å². The fraction of sp³-hybridized carbons (Fsp3) is 0.429. The minimum atomic E-state index is -0.927. The minimum absolute atomic E-state index is 0.0789. The first-order chi connectivity index (χ1) is 8.97. The van der Waals surface area contributed by atoms with Crippen molar-refractivity contribution in [1.82, 2.24) is 5.32 Å². The summed E-state index contributed by atoms with van der Waals surface area (Å²) < 4.78 is 5.44. The van der Waals surface area contributed by atoms with Gasteiger partial charge in [-0.1, -0.05) is 12.1 Å². The van der Waals surface area contributed by atoms with Crippen LogP contribution in [0.5, 0.6) is 5.75 Å². The summed E-state index contributed by atoms with van der Waals surface area (Å²) in [6, 6.07) is 7.21. The van der Waals surface area contributed by atoms with Crippen LogP contribution >= 0.6 is 0 Å². The molecule has 1 aromatic carbocycles. The van der Waals surface area contributed by atoms with E-state index < -0.39 is 5.97 Å². The van der Waals surface area contributed by atoms with Crippen molar-refractivity contribution in [1.29, 1.82) is 0 Å². The van der Waals surface area contributed by atoms with Gasteiger partial charge in [0.2, 0.25) is 5.91 Å². The van der Waals surface area contributed by atoms with Crippen LogP contribution in [0.15, 0.2) is 24.3 Å². The van der Waals surface area contributed by atoms with E-state index in [1.54, 1.807) is 6.92 Å². The van der Waals surface area contributed by atoms with E-state index in [0.717, 1.165) is 11.3 Å². The number of benzene rings is 1. The number of amides is 1. The fourth-order valence-electron chi connectivity index (χ4n) is 1.63. The summed E-state index contributed by atoms with van der Waals surface area (Å²) in [5.74, 6) is -0.406. The Morgan fingerprint density at radius 3 is 2.79 bits per heavy atom. The second kappa shape index (κ2) is 7.41. The molecule has 5 nitrogen and oxygen atoms in total. The zero-order valence-corrected chi connectivity index (χ0v) is 11.2. The van der Waals surface area contributed by atoms with Crippen molar-refractivity contribution in [3.05, 3.63) is 29.8 Å². The molecule has 1 rings (SSSR count). The molecule has 1 unspecified atom stereocenters. The van der Waals surface area contributed by atoms with Crippen molar-refractivity contribution >= 4 is 11.9 Å². The Kier molecular flexibility index (Phi) is 5.85. The molecule has 1 amide bonds. The molecule has 0 radical (unpaired) electrons. The van der Waals surface area contributed by atoms with Crippen LogP contribution < -0.4 is 10.1 Å². The molecule has 0 spiro atoms. The lowest BCUT2D eigenvalue weighted by molar-refractivity contribution is -0.137. The summed E-state index contributed by atoms with van der Waals surface area (Å²) in [7, 11) is 0. The topological polar surface area (TPSA) is 75.6 Å². The average Bonchev–Trinajstić information content (AvgIpc) is 2.27.